The Hall–Kier alpha value is -3.18. The number of para-hydroxylation sites is 2. The number of carbonyl (C=O) groups is 1. The van der Waals surface area contributed by atoms with E-state index in [9.17, 15) is 4.79 Å². The first-order valence-corrected chi connectivity index (χ1v) is 12.3. The van der Waals surface area contributed by atoms with Crippen molar-refractivity contribution in [2.75, 3.05) is 10.6 Å². The quantitative estimate of drug-likeness (QED) is 0.361. The molecule has 2 heterocycles. The highest BCUT2D eigenvalue weighted by Crippen LogP contribution is 2.41. The van der Waals surface area contributed by atoms with Gasteiger partial charge in [-0.15, -0.1) is 11.3 Å². The van der Waals surface area contributed by atoms with Gasteiger partial charge in [0.1, 0.15) is 9.71 Å². The fourth-order valence-electron chi connectivity index (χ4n) is 4.73. The summed E-state index contributed by atoms with van der Waals surface area (Å²) >= 11 is 1.40. The van der Waals surface area contributed by atoms with Crippen molar-refractivity contribution in [3.63, 3.8) is 0 Å². The minimum absolute atomic E-state index is 0.126. The molecule has 1 atom stereocenters. The van der Waals surface area contributed by atoms with E-state index in [1.807, 2.05) is 60.7 Å². The normalized spacial score (nSPS) is 15.9. The number of aromatic nitrogens is 1. The van der Waals surface area contributed by atoms with Gasteiger partial charge >= 0.3 is 0 Å². The van der Waals surface area contributed by atoms with Gasteiger partial charge in [-0.2, -0.15) is 0 Å². The molecule has 4 aromatic rings. The zero-order chi connectivity index (χ0) is 23.2. The lowest BCUT2D eigenvalue weighted by atomic mass is 9.71. The summed E-state index contributed by atoms with van der Waals surface area (Å²) in [4.78, 5) is 22.0. The lowest BCUT2D eigenvalue weighted by Gasteiger charge is -2.34. The Kier molecular flexibility index (Phi) is 5.45. The topological polar surface area (TPSA) is 59.2 Å². The second-order valence-corrected chi connectivity index (χ2v) is 10.9. The standard InChI is InChI=1S/C28H29N3OS/c1-28(2,3)19-14-15-23-18(16-19)17-22-24(29)25(33-26(22)30-23)27(32)31(20-10-6-4-7-11-20)21-12-8-5-9-13-21/h4-13,17,19H,14-16,29H2,1-3H3/t19-/m0/s1. The van der Waals surface area contributed by atoms with Gasteiger partial charge in [0.05, 0.1) is 5.69 Å². The third-order valence-corrected chi connectivity index (χ3v) is 7.84. The molecule has 0 unspecified atom stereocenters. The molecule has 0 bridgehead atoms. The highest BCUT2D eigenvalue weighted by molar-refractivity contribution is 7.21. The molecule has 0 saturated carbocycles. The van der Waals surface area contributed by atoms with Crippen LogP contribution >= 0.6 is 11.3 Å². The third-order valence-electron chi connectivity index (χ3n) is 6.74. The van der Waals surface area contributed by atoms with Crippen LogP contribution in [-0.2, 0) is 12.8 Å². The molecular formula is C28H29N3OS. The SMILES string of the molecule is CC(C)(C)[C@H]1CCc2nc3sc(C(=O)N(c4ccccc4)c4ccccc4)c(N)c3cc2C1. The van der Waals surface area contributed by atoms with E-state index in [4.69, 9.17) is 10.7 Å². The summed E-state index contributed by atoms with van der Waals surface area (Å²) in [5, 5.41) is 0.901. The summed E-state index contributed by atoms with van der Waals surface area (Å²) in [5.41, 5.74) is 11.5. The number of nitrogens with two attached hydrogens (primary N) is 1. The number of hydrogen-bond donors (Lipinski definition) is 1. The first-order valence-electron chi connectivity index (χ1n) is 11.5. The van der Waals surface area contributed by atoms with Gasteiger partial charge in [0, 0.05) is 22.5 Å². The molecule has 2 aromatic carbocycles. The predicted molar refractivity (Wildman–Crippen MR) is 138 cm³/mol. The molecule has 5 rings (SSSR count). The van der Waals surface area contributed by atoms with Crippen LogP contribution in [0.5, 0.6) is 0 Å². The molecule has 0 fully saturated rings. The van der Waals surface area contributed by atoms with Gasteiger partial charge in [-0.05, 0) is 66.5 Å². The molecule has 5 heteroatoms. The van der Waals surface area contributed by atoms with Crippen molar-refractivity contribution in [3.8, 4) is 0 Å². The molecular weight excluding hydrogens is 426 g/mol. The zero-order valence-corrected chi connectivity index (χ0v) is 20.2. The van der Waals surface area contributed by atoms with E-state index in [2.05, 4.69) is 26.8 Å². The van der Waals surface area contributed by atoms with Crippen LogP contribution in [0.4, 0.5) is 17.1 Å². The van der Waals surface area contributed by atoms with Crippen molar-refractivity contribution in [3.05, 3.63) is 82.9 Å². The number of benzene rings is 2. The number of thiophene rings is 1. The average Bonchev–Trinajstić information content (AvgIpc) is 3.13. The Morgan fingerprint density at radius 1 is 1.03 bits per heavy atom. The number of amides is 1. The number of nitrogens with zero attached hydrogens (tertiary/aromatic N) is 2. The van der Waals surface area contributed by atoms with Crippen molar-refractivity contribution >= 4 is 44.5 Å². The minimum Gasteiger partial charge on any atom is -0.397 e. The van der Waals surface area contributed by atoms with Gasteiger partial charge < -0.3 is 5.73 Å². The molecule has 168 valence electrons. The highest BCUT2D eigenvalue weighted by Gasteiger charge is 2.31. The largest absolute Gasteiger partial charge is 0.397 e. The summed E-state index contributed by atoms with van der Waals surface area (Å²) < 4.78 is 0. The summed E-state index contributed by atoms with van der Waals surface area (Å²) in [5.74, 6) is 0.496. The van der Waals surface area contributed by atoms with E-state index in [-0.39, 0.29) is 11.3 Å². The number of rotatable bonds is 3. The van der Waals surface area contributed by atoms with Gasteiger partial charge in [0.2, 0.25) is 0 Å². The van der Waals surface area contributed by atoms with Gasteiger partial charge in [0.15, 0.2) is 0 Å². The maximum atomic E-state index is 13.9. The maximum Gasteiger partial charge on any atom is 0.275 e. The number of fused-ring (bicyclic) bond motifs is 2. The highest BCUT2D eigenvalue weighted by atomic mass is 32.1. The smallest absolute Gasteiger partial charge is 0.275 e. The van der Waals surface area contributed by atoms with Gasteiger partial charge in [0.25, 0.3) is 5.91 Å². The molecule has 0 radical (unpaired) electrons. The molecule has 2 N–H and O–H groups in total. The molecule has 0 spiro atoms. The van der Waals surface area contributed by atoms with E-state index < -0.39 is 0 Å². The Balaban J connectivity index is 1.58. The van der Waals surface area contributed by atoms with Gasteiger partial charge in [-0.25, -0.2) is 4.98 Å². The number of nitrogen functional groups attached to an aromatic ring is 1. The third kappa shape index (κ3) is 4.02. The monoisotopic (exact) mass is 455 g/mol. The van der Waals surface area contributed by atoms with Crippen LogP contribution in [0.1, 0.15) is 48.1 Å². The Morgan fingerprint density at radius 2 is 1.64 bits per heavy atom. The molecule has 1 aliphatic carbocycles. The average molecular weight is 456 g/mol. The number of pyridine rings is 1. The molecule has 0 aliphatic heterocycles. The molecule has 1 aliphatic rings. The predicted octanol–water partition coefficient (Wildman–Crippen LogP) is 7.01. The molecule has 0 saturated heterocycles. The van der Waals surface area contributed by atoms with E-state index in [0.717, 1.165) is 46.5 Å². The van der Waals surface area contributed by atoms with Crippen molar-refractivity contribution in [2.24, 2.45) is 11.3 Å². The number of hydrogen-bond acceptors (Lipinski definition) is 4. The van der Waals surface area contributed by atoms with Crippen molar-refractivity contribution < 1.29 is 4.79 Å². The summed E-state index contributed by atoms with van der Waals surface area (Å²) in [6.07, 6.45) is 3.15. The van der Waals surface area contributed by atoms with Crippen molar-refractivity contribution in [2.45, 2.75) is 40.0 Å². The second kappa shape index (κ2) is 8.31. The van der Waals surface area contributed by atoms with E-state index >= 15 is 0 Å². The second-order valence-electron chi connectivity index (χ2n) is 9.91. The Bertz CT molecular complexity index is 1270. The zero-order valence-electron chi connectivity index (χ0n) is 19.3. The minimum atomic E-state index is -0.126. The summed E-state index contributed by atoms with van der Waals surface area (Å²) in [6.45, 7) is 6.93. The lowest BCUT2D eigenvalue weighted by molar-refractivity contribution is 0.100. The van der Waals surface area contributed by atoms with Crippen LogP contribution in [0, 0.1) is 11.3 Å². The first-order chi connectivity index (χ1) is 15.8. The summed E-state index contributed by atoms with van der Waals surface area (Å²) in [6, 6.07) is 21.6. The number of anilines is 3. The van der Waals surface area contributed by atoms with Crippen LogP contribution in [0.3, 0.4) is 0 Å². The first kappa shape index (κ1) is 21.7. The molecule has 1 amide bonds. The van der Waals surface area contributed by atoms with Crippen LogP contribution in [-0.4, -0.2) is 10.9 Å². The number of carbonyl (C=O) groups excluding carboxylic acids is 1. The van der Waals surface area contributed by atoms with E-state index in [1.165, 1.54) is 16.9 Å². The van der Waals surface area contributed by atoms with Crippen LogP contribution in [0.15, 0.2) is 66.7 Å². The Labute approximate surface area is 199 Å². The lowest BCUT2D eigenvalue weighted by Crippen LogP contribution is -2.27. The maximum absolute atomic E-state index is 13.9. The van der Waals surface area contributed by atoms with E-state index in [0.29, 0.717) is 16.5 Å². The van der Waals surface area contributed by atoms with Gasteiger partial charge in [-0.3, -0.25) is 9.69 Å². The van der Waals surface area contributed by atoms with Crippen LogP contribution in [0.25, 0.3) is 10.2 Å². The molecule has 2 aromatic heterocycles. The molecule has 33 heavy (non-hydrogen) atoms. The fourth-order valence-corrected chi connectivity index (χ4v) is 5.75. The Morgan fingerprint density at radius 3 is 2.21 bits per heavy atom. The van der Waals surface area contributed by atoms with Gasteiger partial charge in [-0.1, -0.05) is 57.2 Å². The van der Waals surface area contributed by atoms with Crippen LogP contribution < -0.4 is 10.6 Å². The van der Waals surface area contributed by atoms with Crippen molar-refractivity contribution in [1.82, 2.24) is 4.98 Å². The fraction of sp³-hybridized carbons (Fsp3) is 0.286. The summed E-state index contributed by atoms with van der Waals surface area (Å²) in [7, 11) is 0. The van der Waals surface area contributed by atoms with Crippen molar-refractivity contribution in [1.29, 1.82) is 0 Å². The van der Waals surface area contributed by atoms with Crippen LogP contribution in [0.2, 0.25) is 0 Å². The number of aryl methyl sites for hydroxylation is 1. The molecule has 4 nitrogen and oxygen atoms in total. The van der Waals surface area contributed by atoms with E-state index in [1.54, 1.807) is 4.90 Å².